The van der Waals surface area contributed by atoms with Gasteiger partial charge in [-0.25, -0.2) is 0 Å². The van der Waals surface area contributed by atoms with E-state index in [9.17, 15) is 4.79 Å². The number of carbonyl (C=O) groups is 1. The Hall–Kier alpha value is -1.31. The van der Waals surface area contributed by atoms with Gasteiger partial charge in [0.2, 0.25) is 5.91 Å². The van der Waals surface area contributed by atoms with Crippen molar-refractivity contribution in [2.24, 2.45) is 5.41 Å². The molecule has 2 nitrogen and oxygen atoms in total. The SMILES string of the molecule is CCCCCCCCCCCCCCCCCCc1ccc(NC(=O)C(C)(C)CC)cc1. The van der Waals surface area contributed by atoms with Crippen LogP contribution in [0.1, 0.15) is 142 Å². The molecule has 0 saturated carbocycles. The fourth-order valence-electron chi connectivity index (χ4n) is 4.09. The van der Waals surface area contributed by atoms with E-state index in [-0.39, 0.29) is 11.3 Å². The molecular formula is C30H53NO. The zero-order chi connectivity index (χ0) is 23.5. The van der Waals surface area contributed by atoms with Crippen molar-refractivity contribution >= 4 is 11.6 Å². The highest BCUT2D eigenvalue weighted by atomic mass is 16.2. The topological polar surface area (TPSA) is 29.1 Å². The minimum atomic E-state index is -0.313. The van der Waals surface area contributed by atoms with Crippen molar-refractivity contribution in [1.82, 2.24) is 0 Å². The number of carbonyl (C=O) groups excluding carboxylic acids is 1. The third kappa shape index (κ3) is 14.0. The molecule has 0 saturated heterocycles. The molecule has 1 amide bonds. The summed E-state index contributed by atoms with van der Waals surface area (Å²) in [7, 11) is 0. The molecule has 0 bridgehead atoms. The molecule has 1 rings (SSSR count). The molecule has 184 valence electrons. The summed E-state index contributed by atoms with van der Waals surface area (Å²) in [5, 5.41) is 3.05. The number of anilines is 1. The van der Waals surface area contributed by atoms with E-state index in [0.717, 1.165) is 18.5 Å². The molecular weight excluding hydrogens is 390 g/mol. The lowest BCUT2D eigenvalue weighted by Crippen LogP contribution is -2.29. The Balaban J connectivity index is 1.95. The Bertz CT molecular complexity index is 575. The molecule has 1 aromatic carbocycles. The van der Waals surface area contributed by atoms with Crippen molar-refractivity contribution in [3.05, 3.63) is 29.8 Å². The molecule has 32 heavy (non-hydrogen) atoms. The Morgan fingerprint density at radius 2 is 1.06 bits per heavy atom. The number of amides is 1. The van der Waals surface area contributed by atoms with Gasteiger partial charge in [-0.15, -0.1) is 0 Å². The highest BCUT2D eigenvalue weighted by Crippen LogP contribution is 2.23. The van der Waals surface area contributed by atoms with E-state index < -0.39 is 0 Å². The van der Waals surface area contributed by atoms with Crippen molar-refractivity contribution in [3.8, 4) is 0 Å². The van der Waals surface area contributed by atoms with Crippen LogP contribution in [0.4, 0.5) is 5.69 Å². The van der Waals surface area contributed by atoms with E-state index in [1.54, 1.807) is 0 Å². The number of hydrogen-bond acceptors (Lipinski definition) is 1. The zero-order valence-corrected chi connectivity index (χ0v) is 21.9. The van der Waals surface area contributed by atoms with Gasteiger partial charge in [-0.1, -0.05) is 136 Å². The summed E-state index contributed by atoms with van der Waals surface area (Å²) in [6, 6.07) is 8.43. The second kappa shape index (κ2) is 18.2. The molecule has 0 aliphatic heterocycles. The molecule has 0 aromatic heterocycles. The van der Waals surface area contributed by atoms with Crippen LogP contribution in [0.5, 0.6) is 0 Å². The fraction of sp³-hybridized carbons (Fsp3) is 0.767. The molecule has 0 spiro atoms. The number of nitrogens with one attached hydrogen (secondary N) is 1. The fourth-order valence-corrected chi connectivity index (χ4v) is 4.09. The van der Waals surface area contributed by atoms with Crippen LogP contribution < -0.4 is 5.32 Å². The predicted molar refractivity (Wildman–Crippen MR) is 142 cm³/mol. The van der Waals surface area contributed by atoms with Gasteiger partial charge >= 0.3 is 0 Å². The number of hydrogen-bond donors (Lipinski definition) is 1. The molecule has 0 fully saturated rings. The Kier molecular flexibility index (Phi) is 16.3. The molecule has 0 unspecified atom stereocenters. The van der Waals surface area contributed by atoms with Gasteiger partial charge < -0.3 is 5.32 Å². The average Bonchev–Trinajstić information content (AvgIpc) is 2.79. The maximum atomic E-state index is 12.3. The third-order valence-electron chi connectivity index (χ3n) is 7.03. The molecule has 1 aromatic rings. The van der Waals surface area contributed by atoms with E-state index in [0.29, 0.717) is 0 Å². The normalized spacial score (nSPS) is 11.6. The van der Waals surface area contributed by atoms with E-state index in [4.69, 9.17) is 0 Å². The first kappa shape index (κ1) is 28.7. The summed E-state index contributed by atoms with van der Waals surface area (Å²) in [5.41, 5.74) is 1.97. The highest BCUT2D eigenvalue weighted by molar-refractivity contribution is 5.94. The van der Waals surface area contributed by atoms with Gasteiger partial charge in [0.25, 0.3) is 0 Å². The Labute approximate surface area is 200 Å². The second-order valence-corrected chi connectivity index (χ2v) is 10.4. The van der Waals surface area contributed by atoms with Crippen LogP contribution in [-0.2, 0) is 11.2 Å². The van der Waals surface area contributed by atoms with E-state index >= 15 is 0 Å². The van der Waals surface area contributed by atoms with Crippen LogP contribution in [0.2, 0.25) is 0 Å². The lowest BCUT2D eigenvalue weighted by atomic mass is 9.89. The van der Waals surface area contributed by atoms with Crippen molar-refractivity contribution < 1.29 is 4.79 Å². The number of aryl methyl sites for hydroxylation is 1. The highest BCUT2D eigenvalue weighted by Gasteiger charge is 2.25. The van der Waals surface area contributed by atoms with E-state index in [1.165, 1.54) is 108 Å². The summed E-state index contributed by atoms with van der Waals surface area (Å²) >= 11 is 0. The van der Waals surface area contributed by atoms with Crippen molar-refractivity contribution in [1.29, 1.82) is 0 Å². The van der Waals surface area contributed by atoms with Crippen LogP contribution in [0, 0.1) is 5.41 Å². The van der Waals surface area contributed by atoms with Crippen LogP contribution in [-0.4, -0.2) is 5.91 Å². The molecule has 0 radical (unpaired) electrons. The lowest BCUT2D eigenvalue weighted by molar-refractivity contribution is -0.124. The first-order valence-electron chi connectivity index (χ1n) is 13.9. The van der Waals surface area contributed by atoms with Crippen LogP contribution >= 0.6 is 0 Å². The van der Waals surface area contributed by atoms with Gasteiger partial charge in [0.05, 0.1) is 0 Å². The largest absolute Gasteiger partial charge is 0.326 e. The number of unbranched alkanes of at least 4 members (excludes halogenated alkanes) is 15. The van der Waals surface area contributed by atoms with Crippen molar-refractivity contribution in [2.75, 3.05) is 5.32 Å². The summed E-state index contributed by atoms with van der Waals surface area (Å²) in [5.74, 6) is 0.102. The van der Waals surface area contributed by atoms with Crippen molar-refractivity contribution in [2.45, 2.75) is 143 Å². The molecule has 0 heterocycles. The number of benzene rings is 1. The van der Waals surface area contributed by atoms with Crippen molar-refractivity contribution in [3.63, 3.8) is 0 Å². The Morgan fingerprint density at radius 3 is 1.47 bits per heavy atom. The molecule has 0 atom stereocenters. The minimum Gasteiger partial charge on any atom is -0.326 e. The summed E-state index contributed by atoms with van der Waals surface area (Å²) in [6.07, 6.45) is 24.6. The standard InChI is InChI=1S/C30H53NO/c1-5-7-8-9-10-11-12-13-14-15-16-17-18-19-20-21-22-27-23-25-28(26-24-27)31-29(32)30(3,4)6-2/h23-26H,5-22H2,1-4H3,(H,31,32). The van der Waals surface area contributed by atoms with Gasteiger partial charge in [0.1, 0.15) is 0 Å². The summed E-state index contributed by atoms with van der Waals surface area (Å²) in [4.78, 5) is 12.3. The van der Waals surface area contributed by atoms with Gasteiger partial charge in [-0.3, -0.25) is 4.79 Å². The summed E-state index contributed by atoms with van der Waals surface area (Å²) < 4.78 is 0. The maximum absolute atomic E-state index is 12.3. The monoisotopic (exact) mass is 443 g/mol. The van der Waals surface area contributed by atoms with Gasteiger partial charge in [0, 0.05) is 11.1 Å². The zero-order valence-electron chi connectivity index (χ0n) is 21.9. The number of rotatable bonds is 20. The van der Waals surface area contributed by atoms with Crippen LogP contribution in [0.25, 0.3) is 0 Å². The molecule has 0 aliphatic rings. The molecule has 1 N–H and O–H groups in total. The van der Waals surface area contributed by atoms with Crippen LogP contribution in [0.15, 0.2) is 24.3 Å². The second-order valence-electron chi connectivity index (χ2n) is 10.4. The van der Waals surface area contributed by atoms with Gasteiger partial charge in [-0.05, 0) is 37.0 Å². The van der Waals surface area contributed by atoms with E-state index in [2.05, 4.69) is 31.3 Å². The first-order valence-corrected chi connectivity index (χ1v) is 13.9. The minimum absolute atomic E-state index is 0.102. The van der Waals surface area contributed by atoms with E-state index in [1.807, 2.05) is 26.0 Å². The quantitative estimate of drug-likeness (QED) is 0.200. The van der Waals surface area contributed by atoms with Gasteiger partial charge in [-0.2, -0.15) is 0 Å². The maximum Gasteiger partial charge on any atom is 0.230 e. The summed E-state index contributed by atoms with van der Waals surface area (Å²) in [6.45, 7) is 8.33. The average molecular weight is 444 g/mol. The van der Waals surface area contributed by atoms with Crippen LogP contribution in [0.3, 0.4) is 0 Å². The smallest absolute Gasteiger partial charge is 0.230 e. The Morgan fingerprint density at radius 1 is 0.656 bits per heavy atom. The third-order valence-corrected chi connectivity index (χ3v) is 7.03. The first-order chi connectivity index (χ1) is 15.5. The molecule has 2 heteroatoms. The van der Waals surface area contributed by atoms with Gasteiger partial charge in [0.15, 0.2) is 0 Å². The molecule has 0 aliphatic carbocycles. The predicted octanol–water partition coefficient (Wildman–Crippen LogP) is 9.87. The lowest BCUT2D eigenvalue weighted by Gasteiger charge is -2.21.